The number of carbonyl (C=O) groups is 2. The van der Waals surface area contributed by atoms with Gasteiger partial charge in [0.25, 0.3) is 5.91 Å². The molecule has 8 nitrogen and oxygen atoms in total. The monoisotopic (exact) mass is 478 g/mol. The van der Waals surface area contributed by atoms with E-state index in [1.165, 1.54) is 12.0 Å². The van der Waals surface area contributed by atoms with Crippen LogP contribution < -0.4 is 16.2 Å². The van der Waals surface area contributed by atoms with E-state index in [4.69, 9.17) is 15.6 Å². The quantitative estimate of drug-likeness (QED) is 0.458. The van der Waals surface area contributed by atoms with E-state index < -0.39 is 18.1 Å². The van der Waals surface area contributed by atoms with E-state index >= 15 is 0 Å². The minimum Gasteiger partial charge on any atom is -0.542 e. The summed E-state index contributed by atoms with van der Waals surface area (Å²) in [7, 11) is 0. The Balaban J connectivity index is 0.000000406. The molecular formula is C23H25F3N4O4. The fraction of sp³-hybridized carbons (Fsp3) is 0.348. The summed E-state index contributed by atoms with van der Waals surface area (Å²) in [5, 5.41) is 26.0. The predicted octanol–water partition coefficient (Wildman–Crippen LogP) is 0.649. The van der Waals surface area contributed by atoms with Crippen molar-refractivity contribution in [2.75, 3.05) is 13.2 Å². The number of fused-ring (bicyclic) bond motifs is 1. The second-order valence-corrected chi connectivity index (χ2v) is 8.34. The molecule has 182 valence electrons. The van der Waals surface area contributed by atoms with Crippen LogP contribution in [0.5, 0.6) is 0 Å². The third kappa shape index (κ3) is 5.91. The van der Waals surface area contributed by atoms with Crippen LogP contribution in [0.3, 0.4) is 0 Å². The highest BCUT2D eigenvalue weighted by atomic mass is 19.4. The van der Waals surface area contributed by atoms with Gasteiger partial charge in [-0.05, 0) is 31.0 Å². The van der Waals surface area contributed by atoms with Gasteiger partial charge in [0.05, 0.1) is 24.4 Å². The van der Waals surface area contributed by atoms with Gasteiger partial charge in [0, 0.05) is 22.6 Å². The smallest absolute Gasteiger partial charge is 0.430 e. The Bertz CT molecular complexity index is 1150. The maximum Gasteiger partial charge on any atom is 0.430 e. The first kappa shape index (κ1) is 25.2. The highest BCUT2D eigenvalue weighted by Crippen LogP contribution is 2.38. The van der Waals surface area contributed by atoms with Crippen LogP contribution in [-0.4, -0.2) is 46.1 Å². The lowest BCUT2D eigenvalue weighted by atomic mass is 9.69. The Hall–Kier alpha value is -3.44. The highest BCUT2D eigenvalue weighted by molar-refractivity contribution is 6.04. The molecular weight excluding hydrogens is 453 g/mol. The summed E-state index contributed by atoms with van der Waals surface area (Å²) < 4.78 is 33.3. The number of halogens is 3. The zero-order chi connectivity index (χ0) is 24.9. The van der Waals surface area contributed by atoms with Crippen molar-refractivity contribution >= 4 is 22.8 Å². The van der Waals surface area contributed by atoms with Crippen molar-refractivity contribution in [3.8, 4) is 5.69 Å². The van der Waals surface area contributed by atoms with Gasteiger partial charge >= 0.3 is 6.18 Å². The van der Waals surface area contributed by atoms with Gasteiger partial charge < -0.3 is 26.1 Å². The van der Waals surface area contributed by atoms with E-state index in [2.05, 4.69) is 22.5 Å². The molecule has 0 unspecified atom stereocenters. The third-order valence-electron chi connectivity index (χ3n) is 5.94. The lowest BCUT2D eigenvalue weighted by Crippen LogP contribution is -2.86. The molecule has 2 aromatic carbocycles. The number of benzene rings is 2. The molecule has 1 aromatic heterocycles. The SMILES string of the molecule is NC(=O)c1cccc2cn(-c3ccc(C[NH2+]CC4(CO)CCC4)cc3)nc12.O=C([O-])C(F)(F)F. The van der Waals surface area contributed by atoms with Crippen LogP contribution in [-0.2, 0) is 11.3 Å². The number of aliphatic carboxylic acids is 1. The molecule has 0 saturated heterocycles. The Labute approximate surface area is 193 Å². The molecule has 1 saturated carbocycles. The number of alkyl halides is 3. The summed E-state index contributed by atoms with van der Waals surface area (Å²) in [4.78, 5) is 20.4. The van der Waals surface area contributed by atoms with E-state index in [1.54, 1.807) is 10.7 Å². The lowest BCUT2D eigenvalue weighted by Gasteiger charge is -2.38. The van der Waals surface area contributed by atoms with Crippen LogP contribution in [0, 0.1) is 5.41 Å². The topological polar surface area (TPSA) is 138 Å². The number of nitrogens with two attached hydrogens (primary N) is 2. The largest absolute Gasteiger partial charge is 0.542 e. The number of rotatable bonds is 7. The van der Waals surface area contributed by atoms with Gasteiger partial charge in [-0.2, -0.15) is 18.3 Å². The Morgan fingerprint density at radius 3 is 2.32 bits per heavy atom. The summed E-state index contributed by atoms with van der Waals surface area (Å²) in [6, 6.07) is 13.7. The average molecular weight is 478 g/mol. The average Bonchev–Trinajstić information content (AvgIpc) is 3.20. The maximum absolute atomic E-state index is 11.6. The summed E-state index contributed by atoms with van der Waals surface area (Å²) >= 11 is 0. The Morgan fingerprint density at radius 1 is 1.18 bits per heavy atom. The van der Waals surface area contributed by atoms with Crippen molar-refractivity contribution < 1.29 is 38.3 Å². The Morgan fingerprint density at radius 2 is 1.82 bits per heavy atom. The molecule has 0 atom stereocenters. The lowest BCUT2D eigenvalue weighted by molar-refractivity contribution is -0.684. The molecule has 4 rings (SSSR count). The van der Waals surface area contributed by atoms with Gasteiger partial charge in [-0.1, -0.05) is 30.7 Å². The van der Waals surface area contributed by atoms with Crippen molar-refractivity contribution in [2.45, 2.75) is 32.0 Å². The number of carboxylic acid groups (broad SMARTS) is 1. The van der Waals surface area contributed by atoms with Crippen molar-refractivity contribution in [3.05, 3.63) is 59.8 Å². The number of aliphatic hydroxyl groups is 1. The molecule has 0 bridgehead atoms. The van der Waals surface area contributed by atoms with E-state index in [1.807, 2.05) is 30.5 Å². The van der Waals surface area contributed by atoms with Gasteiger partial charge in [-0.3, -0.25) is 4.79 Å². The van der Waals surface area contributed by atoms with Crippen molar-refractivity contribution in [1.82, 2.24) is 9.78 Å². The second-order valence-electron chi connectivity index (χ2n) is 8.34. The molecule has 34 heavy (non-hydrogen) atoms. The number of carboxylic acids is 1. The fourth-order valence-corrected chi connectivity index (χ4v) is 3.81. The molecule has 3 aromatic rings. The predicted molar refractivity (Wildman–Crippen MR) is 115 cm³/mol. The number of primary amides is 1. The first-order valence-electron chi connectivity index (χ1n) is 10.6. The maximum atomic E-state index is 11.6. The summed E-state index contributed by atoms with van der Waals surface area (Å²) in [6.07, 6.45) is 0.224. The molecule has 0 aliphatic heterocycles. The minimum atomic E-state index is -5.19. The molecule has 11 heteroatoms. The molecule has 0 spiro atoms. The standard InChI is InChI=1S/C21H24N4O2.C2HF3O2/c22-20(27)18-4-1-3-16-12-25(24-19(16)18)17-7-5-15(6-8-17)11-23-13-21(14-26)9-2-10-21;3-2(4,5)1(6)7/h1,3-8,12,23,26H,2,9-11,13-14H2,(H2,22,27);(H,6,7). The molecule has 1 aliphatic rings. The van der Waals surface area contributed by atoms with Gasteiger partial charge in [-0.15, -0.1) is 0 Å². The van der Waals surface area contributed by atoms with Crippen molar-refractivity contribution in [3.63, 3.8) is 0 Å². The van der Waals surface area contributed by atoms with Gasteiger partial charge in [0.15, 0.2) is 0 Å². The third-order valence-corrected chi connectivity index (χ3v) is 5.94. The van der Waals surface area contributed by atoms with Crippen LogP contribution in [0.2, 0.25) is 0 Å². The molecule has 1 fully saturated rings. The van der Waals surface area contributed by atoms with E-state index in [9.17, 15) is 23.1 Å². The van der Waals surface area contributed by atoms with Gasteiger partial charge in [0.2, 0.25) is 0 Å². The first-order valence-corrected chi connectivity index (χ1v) is 10.6. The second kappa shape index (κ2) is 10.2. The van der Waals surface area contributed by atoms with E-state index in [-0.39, 0.29) is 5.41 Å². The van der Waals surface area contributed by atoms with Crippen LogP contribution in [0.15, 0.2) is 48.7 Å². The minimum absolute atomic E-state index is 0.146. The van der Waals surface area contributed by atoms with Crippen LogP contribution in [0.4, 0.5) is 13.2 Å². The molecule has 1 aliphatic carbocycles. The number of nitrogens with zero attached hydrogens (tertiary/aromatic N) is 2. The van der Waals surface area contributed by atoms with Gasteiger partial charge in [-0.25, -0.2) is 4.68 Å². The number of amides is 1. The molecule has 5 N–H and O–H groups in total. The zero-order valence-electron chi connectivity index (χ0n) is 18.2. The summed E-state index contributed by atoms with van der Waals surface area (Å²) in [5.41, 5.74) is 8.82. The fourth-order valence-electron chi connectivity index (χ4n) is 3.81. The van der Waals surface area contributed by atoms with Crippen LogP contribution in [0.1, 0.15) is 35.2 Å². The summed E-state index contributed by atoms with van der Waals surface area (Å²) in [5.74, 6) is -3.48. The number of hydrogen-bond acceptors (Lipinski definition) is 5. The van der Waals surface area contributed by atoms with E-state index in [0.29, 0.717) is 17.7 Å². The number of aromatic nitrogens is 2. The number of carbonyl (C=O) groups excluding carboxylic acids is 2. The van der Waals surface area contributed by atoms with Gasteiger partial charge in [0.1, 0.15) is 18.0 Å². The molecule has 0 radical (unpaired) electrons. The number of quaternary nitrogens is 1. The normalized spacial score (nSPS) is 14.7. The number of hydrogen-bond donors (Lipinski definition) is 3. The number of aliphatic hydroxyl groups excluding tert-OH is 1. The first-order chi connectivity index (χ1) is 16.0. The molecule has 1 heterocycles. The zero-order valence-corrected chi connectivity index (χ0v) is 18.2. The summed E-state index contributed by atoms with van der Waals surface area (Å²) in [6.45, 7) is 2.17. The van der Waals surface area contributed by atoms with Crippen LogP contribution >= 0.6 is 0 Å². The van der Waals surface area contributed by atoms with Crippen LogP contribution in [0.25, 0.3) is 16.6 Å². The molecule has 1 amide bonds. The van der Waals surface area contributed by atoms with Crippen molar-refractivity contribution in [2.24, 2.45) is 11.1 Å². The highest BCUT2D eigenvalue weighted by Gasteiger charge is 2.37. The van der Waals surface area contributed by atoms with E-state index in [0.717, 1.165) is 37.0 Å². The Kier molecular flexibility index (Phi) is 7.57. The van der Waals surface area contributed by atoms with Crippen molar-refractivity contribution in [1.29, 1.82) is 0 Å².